The second-order valence-corrected chi connectivity index (χ2v) is 7.70. The highest BCUT2D eigenvalue weighted by molar-refractivity contribution is 5.91. The molecule has 9 heteroatoms. The van der Waals surface area contributed by atoms with E-state index < -0.39 is 29.1 Å². The van der Waals surface area contributed by atoms with Gasteiger partial charge in [0.2, 0.25) is 0 Å². The molecule has 2 aromatic rings. The van der Waals surface area contributed by atoms with Crippen LogP contribution < -0.4 is 5.32 Å². The quantitative estimate of drug-likeness (QED) is 0.643. The van der Waals surface area contributed by atoms with Gasteiger partial charge in [0.1, 0.15) is 11.5 Å². The van der Waals surface area contributed by atoms with Gasteiger partial charge < -0.3 is 5.32 Å². The molecule has 0 spiro atoms. The molecule has 1 aromatic heterocycles. The minimum atomic E-state index is -4.92. The fourth-order valence-corrected chi connectivity index (χ4v) is 4.14. The van der Waals surface area contributed by atoms with Gasteiger partial charge in [-0.1, -0.05) is 25.5 Å². The summed E-state index contributed by atoms with van der Waals surface area (Å²) in [5.74, 6) is 0.127. The number of pyridine rings is 1. The first-order valence-corrected chi connectivity index (χ1v) is 9.80. The number of fused-ring (bicyclic) bond motifs is 1. The van der Waals surface area contributed by atoms with E-state index in [1.165, 1.54) is 6.07 Å². The minimum absolute atomic E-state index is 0.0783. The minimum Gasteiger partial charge on any atom is -0.316 e. The van der Waals surface area contributed by atoms with E-state index in [4.69, 9.17) is 0 Å². The zero-order valence-electron chi connectivity index (χ0n) is 16.3. The molecule has 1 N–H and O–H groups in total. The van der Waals surface area contributed by atoms with Crippen LogP contribution in [0.2, 0.25) is 0 Å². The van der Waals surface area contributed by atoms with Crippen LogP contribution in [0.15, 0.2) is 24.3 Å². The predicted octanol–water partition coefficient (Wildman–Crippen LogP) is 5.41. The summed E-state index contributed by atoms with van der Waals surface area (Å²) in [4.78, 5) is 15.9. The highest BCUT2D eigenvalue weighted by atomic mass is 19.4. The molecule has 1 aliphatic rings. The largest absolute Gasteiger partial charge is 0.433 e. The smallest absolute Gasteiger partial charge is 0.316 e. The molecule has 3 nitrogen and oxygen atoms in total. The Balaban J connectivity index is 1.99. The van der Waals surface area contributed by atoms with Gasteiger partial charge in [-0.05, 0) is 49.0 Å². The van der Waals surface area contributed by atoms with Crippen LogP contribution >= 0.6 is 0 Å². The van der Waals surface area contributed by atoms with Crippen LogP contribution in [0.5, 0.6) is 0 Å². The lowest BCUT2D eigenvalue weighted by molar-refractivity contribution is -0.142. The third-order valence-electron chi connectivity index (χ3n) is 5.69. The summed E-state index contributed by atoms with van der Waals surface area (Å²) in [5, 5.41) is 3.18. The summed E-state index contributed by atoms with van der Waals surface area (Å²) in [7, 11) is 0. The molecule has 2 atom stereocenters. The van der Waals surface area contributed by atoms with Crippen molar-refractivity contribution in [3.05, 3.63) is 41.1 Å². The van der Waals surface area contributed by atoms with E-state index in [2.05, 4.69) is 10.3 Å². The zero-order valence-corrected chi connectivity index (χ0v) is 16.3. The molecule has 30 heavy (non-hydrogen) atoms. The number of hydrogen-bond donors (Lipinski definition) is 1. The molecule has 2 heterocycles. The molecule has 3 rings (SSSR count). The lowest BCUT2D eigenvalue weighted by atomic mass is 9.80. The summed E-state index contributed by atoms with van der Waals surface area (Å²) in [6.07, 6.45) is -8.29. The van der Waals surface area contributed by atoms with Crippen molar-refractivity contribution in [2.24, 2.45) is 11.8 Å². The first-order chi connectivity index (χ1) is 14.0. The van der Waals surface area contributed by atoms with Crippen molar-refractivity contribution in [3.8, 4) is 0 Å². The molecule has 0 bridgehead atoms. The van der Waals surface area contributed by atoms with E-state index in [0.717, 1.165) is 32.0 Å². The van der Waals surface area contributed by atoms with Crippen LogP contribution in [0.3, 0.4) is 0 Å². The number of benzene rings is 1. The number of nitrogens with one attached hydrogen (secondary N) is 1. The average Bonchev–Trinajstić information content (AvgIpc) is 2.66. The fourth-order valence-electron chi connectivity index (χ4n) is 4.14. The van der Waals surface area contributed by atoms with Crippen LogP contribution in [0.1, 0.15) is 43.0 Å². The number of Topliss-reactive ketones (excluding diaryl/α,β-unsaturated/α-hetero) is 1. The standard InChI is InChI=1S/C21H22F6N2O/c1-2-12-11-28-7-6-13(12)8-15(30)9-14-10-18(21(25,26)27)29-19-16(14)4-3-5-17(19)20(22,23)24/h3-5,10,12-13,28H,2,6-9,11H2,1H3/t12-,13-/m0/s1. The Labute approximate surface area is 169 Å². The molecule has 1 aliphatic heterocycles. The fraction of sp³-hybridized carbons (Fsp3) is 0.524. The number of carbonyl (C=O) groups is 1. The van der Waals surface area contributed by atoms with Crippen molar-refractivity contribution in [1.29, 1.82) is 0 Å². The lowest BCUT2D eigenvalue weighted by Crippen LogP contribution is -2.37. The van der Waals surface area contributed by atoms with Gasteiger partial charge >= 0.3 is 12.4 Å². The van der Waals surface area contributed by atoms with E-state index in [9.17, 15) is 31.1 Å². The number of aromatic nitrogens is 1. The van der Waals surface area contributed by atoms with E-state index >= 15 is 0 Å². The van der Waals surface area contributed by atoms with Crippen molar-refractivity contribution in [1.82, 2.24) is 10.3 Å². The van der Waals surface area contributed by atoms with Gasteiger partial charge in [0.15, 0.2) is 0 Å². The second kappa shape index (κ2) is 8.53. The Bertz CT molecular complexity index is 922. The van der Waals surface area contributed by atoms with Crippen molar-refractivity contribution in [3.63, 3.8) is 0 Å². The molecule has 1 aromatic carbocycles. The summed E-state index contributed by atoms with van der Waals surface area (Å²) in [6.45, 7) is 3.55. The molecule has 164 valence electrons. The van der Waals surface area contributed by atoms with Gasteiger partial charge in [-0.3, -0.25) is 4.79 Å². The Kier molecular flexibility index (Phi) is 6.40. The van der Waals surface area contributed by atoms with Gasteiger partial charge in [0.25, 0.3) is 0 Å². The number of rotatable bonds is 5. The van der Waals surface area contributed by atoms with E-state index in [1.54, 1.807) is 0 Å². The molecule has 1 fully saturated rings. The van der Waals surface area contributed by atoms with Gasteiger partial charge in [-0.2, -0.15) is 26.3 Å². The molecule has 0 saturated carbocycles. The Morgan fingerprint density at radius 1 is 1.13 bits per heavy atom. The van der Waals surface area contributed by atoms with Gasteiger partial charge in [-0.25, -0.2) is 4.98 Å². The van der Waals surface area contributed by atoms with Crippen molar-refractivity contribution >= 4 is 16.7 Å². The summed E-state index contributed by atoms with van der Waals surface area (Å²) in [6, 6.07) is 3.79. The number of nitrogens with zero attached hydrogens (tertiary/aromatic N) is 1. The maximum atomic E-state index is 13.3. The number of alkyl halides is 6. The normalized spacial score (nSPS) is 20.5. The topological polar surface area (TPSA) is 42.0 Å². The van der Waals surface area contributed by atoms with Crippen molar-refractivity contribution < 1.29 is 31.1 Å². The third kappa shape index (κ3) is 4.94. The van der Waals surface area contributed by atoms with Crippen molar-refractivity contribution in [2.75, 3.05) is 13.1 Å². The third-order valence-corrected chi connectivity index (χ3v) is 5.69. The molecule has 0 aliphatic carbocycles. The van der Waals surface area contributed by atoms with E-state index in [1.807, 2.05) is 6.92 Å². The zero-order chi connectivity index (χ0) is 22.1. The lowest BCUT2D eigenvalue weighted by Gasteiger charge is -2.31. The SMILES string of the molecule is CC[C@H]1CNCC[C@H]1CC(=O)Cc1cc(C(F)(F)F)nc2c(C(F)(F)F)cccc12. The molecular weight excluding hydrogens is 410 g/mol. The first kappa shape index (κ1) is 22.5. The van der Waals surface area contributed by atoms with Crippen molar-refractivity contribution in [2.45, 2.75) is 45.0 Å². The molecule has 0 unspecified atom stereocenters. The molecular formula is C21H22F6N2O. The van der Waals surface area contributed by atoms with Gasteiger partial charge in [-0.15, -0.1) is 0 Å². The van der Waals surface area contributed by atoms with Gasteiger partial charge in [0, 0.05) is 18.2 Å². The Morgan fingerprint density at radius 2 is 1.87 bits per heavy atom. The maximum absolute atomic E-state index is 13.3. The number of halogens is 6. The number of para-hydroxylation sites is 1. The van der Waals surface area contributed by atoms with E-state index in [0.29, 0.717) is 18.1 Å². The number of hydrogen-bond acceptors (Lipinski definition) is 3. The van der Waals surface area contributed by atoms with Gasteiger partial charge in [0.05, 0.1) is 11.1 Å². The first-order valence-electron chi connectivity index (χ1n) is 9.80. The van der Waals surface area contributed by atoms with Crippen LogP contribution in [-0.4, -0.2) is 23.9 Å². The summed E-state index contributed by atoms with van der Waals surface area (Å²) >= 11 is 0. The van der Waals surface area contributed by atoms with Crippen LogP contribution in [0.4, 0.5) is 26.3 Å². The molecule has 0 radical (unpaired) electrons. The number of ketones is 1. The highest BCUT2D eigenvalue weighted by Crippen LogP contribution is 2.38. The predicted molar refractivity (Wildman–Crippen MR) is 99.8 cm³/mol. The highest BCUT2D eigenvalue weighted by Gasteiger charge is 2.37. The Hall–Kier alpha value is -2.16. The second-order valence-electron chi connectivity index (χ2n) is 7.70. The Morgan fingerprint density at radius 3 is 2.50 bits per heavy atom. The average molecular weight is 432 g/mol. The van der Waals surface area contributed by atoms with E-state index in [-0.39, 0.29) is 35.5 Å². The van der Waals surface area contributed by atoms with Crippen LogP contribution in [0, 0.1) is 11.8 Å². The number of piperidine rings is 1. The van der Waals surface area contributed by atoms with Crippen LogP contribution in [0.25, 0.3) is 10.9 Å². The molecule has 1 saturated heterocycles. The summed E-state index contributed by atoms with van der Waals surface area (Å²) < 4.78 is 79.9. The van der Waals surface area contributed by atoms with Crippen LogP contribution in [-0.2, 0) is 23.6 Å². The monoisotopic (exact) mass is 432 g/mol. The molecule has 0 amide bonds. The number of carbonyl (C=O) groups excluding carboxylic acids is 1. The maximum Gasteiger partial charge on any atom is 0.433 e. The summed E-state index contributed by atoms with van der Waals surface area (Å²) in [5.41, 5.74) is -3.53.